The van der Waals surface area contributed by atoms with E-state index in [1.165, 1.54) is 12.1 Å². The maximum Gasteiger partial charge on any atom is 0.339 e. The van der Waals surface area contributed by atoms with Gasteiger partial charge in [-0.05, 0) is 35.4 Å². The molecule has 0 saturated heterocycles. The Morgan fingerprint density at radius 3 is 2.38 bits per heavy atom. The lowest BCUT2D eigenvalue weighted by molar-refractivity contribution is 0.0694. The first-order valence-corrected chi connectivity index (χ1v) is 8.07. The summed E-state index contributed by atoms with van der Waals surface area (Å²) in [5, 5.41) is 19.9. The first kappa shape index (κ1) is 15.8. The van der Waals surface area contributed by atoms with Crippen LogP contribution in [0.3, 0.4) is 0 Å². The first-order chi connectivity index (χ1) is 12.5. The minimum absolute atomic E-state index is 0.135. The number of aromatic nitrogens is 1. The molecule has 0 bridgehead atoms. The quantitative estimate of drug-likeness (QED) is 0.517. The Morgan fingerprint density at radius 2 is 1.69 bits per heavy atom. The van der Waals surface area contributed by atoms with E-state index in [4.69, 9.17) is 10.8 Å². The van der Waals surface area contributed by atoms with Crippen LogP contribution in [-0.2, 0) is 0 Å². The molecule has 0 saturated carbocycles. The van der Waals surface area contributed by atoms with Crippen LogP contribution in [0.1, 0.15) is 10.4 Å². The van der Waals surface area contributed by atoms with Gasteiger partial charge in [0.25, 0.3) is 0 Å². The highest BCUT2D eigenvalue weighted by Crippen LogP contribution is 2.32. The third-order valence-corrected chi connectivity index (χ3v) is 4.43. The molecule has 4 N–H and O–H groups in total. The van der Waals surface area contributed by atoms with Crippen molar-refractivity contribution in [2.75, 3.05) is 5.73 Å². The Kier molecular flexibility index (Phi) is 3.62. The molecular formula is C21H16N2O3. The average molecular weight is 344 g/mol. The Hall–Kier alpha value is -3.73. The fourth-order valence-corrected chi connectivity index (χ4v) is 3.13. The van der Waals surface area contributed by atoms with Crippen molar-refractivity contribution in [1.29, 1.82) is 0 Å². The van der Waals surface area contributed by atoms with Crippen LogP contribution in [0.4, 0.5) is 5.69 Å². The van der Waals surface area contributed by atoms with Crippen molar-refractivity contribution in [3.05, 3.63) is 78.5 Å². The highest BCUT2D eigenvalue weighted by molar-refractivity contribution is 5.96. The molecule has 0 unspecified atom stereocenters. The molecule has 4 rings (SSSR count). The van der Waals surface area contributed by atoms with E-state index in [0.29, 0.717) is 11.4 Å². The van der Waals surface area contributed by atoms with Crippen molar-refractivity contribution >= 4 is 22.6 Å². The Morgan fingerprint density at radius 1 is 0.923 bits per heavy atom. The average Bonchev–Trinajstić information content (AvgIpc) is 2.98. The summed E-state index contributed by atoms with van der Waals surface area (Å²) in [6, 6.07) is 20.5. The number of carboxylic acid groups (broad SMARTS) is 1. The smallest absolute Gasteiger partial charge is 0.339 e. The van der Waals surface area contributed by atoms with Crippen molar-refractivity contribution in [1.82, 2.24) is 4.57 Å². The second-order valence-corrected chi connectivity index (χ2v) is 6.06. The number of hydrogen-bond donors (Lipinski definition) is 3. The zero-order chi connectivity index (χ0) is 18.3. The Bertz CT molecular complexity index is 1130. The van der Waals surface area contributed by atoms with Crippen molar-refractivity contribution in [2.24, 2.45) is 0 Å². The highest BCUT2D eigenvalue weighted by atomic mass is 16.4. The van der Waals surface area contributed by atoms with Gasteiger partial charge in [-0.25, -0.2) is 4.79 Å². The van der Waals surface area contributed by atoms with E-state index in [1.807, 2.05) is 53.1 Å². The predicted molar refractivity (Wildman–Crippen MR) is 102 cm³/mol. The second kappa shape index (κ2) is 5.97. The lowest BCUT2D eigenvalue weighted by Crippen LogP contribution is -1.99. The van der Waals surface area contributed by atoms with Crippen LogP contribution in [-0.4, -0.2) is 20.7 Å². The number of phenols is 1. The molecule has 0 aliphatic rings. The summed E-state index contributed by atoms with van der Waals surface area (Å²) in [6.07, 6.45) is 1.77. The molecule has 0 atom stereocenters. The van der Waals surface area contributed by atoms with Crippen LogP contribution >= 0.6 is 0 Å². The topological polar surface area (TPSA) is 88.5 Å². The number of nitrogens with two attached hydrogens (primary N) is 1. The van der Waals surface area contributed by atoms with Crippen molar-refractivity contribution in [3.8, 4) is 22.6 Å². The van der Waals surface area contributed by atoms with Crippen molar-refractivity contribution in [2.45, 2.75) is 0 Å². The third kappa shape index (κ3) is 2.56. The van der Waals surface area contributed by atoms with Gasteiger partial charge in [-0.2, -0.15) is 0 Å². The van der Waals surface area contributed by atoms with E-state index >= 15 is 0 Å². The molecule has 0 radical (unpaired) electrons. The zero-order valence-corrected chi connectivity index (χ0v) is 13.8. The number of rotatable bonds is 3. The minimum Gasteiger partial charge on any atom is -0.507 e. The monoisotopic (exact) mass is 344 g/mol. The van der Waals surface area contributed by atoms with E-state index in [9.17, 15) is 9.90 Å². The van der Waals surface area contributed by atoms with E-state index in [2.05, 4.69) is 0 Å². The van der Waals surface area contributed by atoms with Gasteiger partial charge in [-0.1, -0.05) is 36.4 Å². The van der Waals surface area contributed by atoms with Gasteiger partial charge in [0.1, 0.15) is 11.3 Å². The molecule has 5 heteroatoms. The number of anilines is 1. The number of hydrogen-bond acceptors (Lipinski definition) is 3. The van der Waals surface area contributed by atoms with Gasteiger partial charge in [-0.15, -0.1) is 0 Å². The number of carboxylic acids is 1. The molecule has 0 fully saturated rings. The number of aromatic carboxylic acids is 1. The molecule has 5 nitrogen and oxygen atoms in total. The maximum atomic E-state index is 11.1. The first-order valence-electron chi connectivity index (χ1n) is 8.07. The molecule has 0 aliphatic heterocycles. The number of nitrogen functional groups attached to an aromatic ring is 1. The molecule has 4 aromatic rings. The number of carbonyl (C=O) groups is 1. The molecule has 1 heterocycles. The van der Waals surface area contributed by atoms with Gasteiger partial charge in [0.05, 0.1) is 11.2 Å². The molecule has 0 aliphatic carbocycles. The number of fused-ring (bicyclic) bond motifs is 1. The van der Waals surface area contributed by atoms with Gasteiger partial charge in [0.15, 0.2) is 0 Å². The number of benzene rings is 3. The summed E-state index contributed by atoms with van der Waals surface area (Å²) < 4.78 is 1.84. The van der Waals surface area contributed by atoms with Crippen LogP contribution in [0.2, 0.25) is 0 Å². The highest BCUT2D eigenvalue weighted by Gasteiger charge is 2.13. The summed E-state index contributed by atoms with van der Waals surface area (Å²) in [4.78, 5) is 11.1. The van der Waals surface area contributed by atoms with E-state index in [0.717, 1.165) is 22.0 Å². The lowest BCUT2D eigenvalue weighted by Gasteiger charge is -2.08. The summed E-state index contributed by atoms with van der Waals surface area (Å²) in [5.41, 5.74) is 10.4. The summed E-state index contributed by atoms with van der Waals surface area (Å²) in [6.45, 7) is 0. The van der Waals surface area contributed by atoms with Gasteiger partial charge >= 0.3 is 5.97 Å². The van der Waals surface area contributed by atoms with Gasteiger partial charge in [-0.3, -0.25) is 0 Å². The summed E-state index contributed by atoms with van der Waals surface area (Å²) in [5.74, 6) is -1.45. The lowest BCUT2D eigenvalue weighted by atomic mass is 10.0. The molecule has 128 valence electrons. The van der Waals surface area contributed by atoms with E-state index in [1.54, 1.807) is 12.3 Å². The molecule has 0 spiro atoms. The SMILES string of the molecule is Nc1cn(-c2ccc(C(=O)O)c(O)c2)c2ccc(-c3ccccc3)cc12. The summed E-state index contributed by atoms with van der Waals surface area (Å²) >= 11 is 0. The largest absolute Gasteiger partial charge is 0.507 e. The molecule has 1 aromatic heterocycles. The molecule has 0 amide bonds. The fourth-order valence-electron chi connectivity index (χ4n) is 3.13. The van der Waals surface area contributed by atoms with E-state index < -0.39 is 5.97 Å². The second-order valence-electron chi connectivity index (χ2n) is 6.06. The van der Waals surface area contributed by atoms with E-state index in [-0.39, 0.29) is 11.3 Å². The normalized spacial score (nSPS) is 10.9. The number of aromatic hydroxyl groups is 1. The Labute approximate surface area is 149 Å². The van der Waals surface area contributed by atoms with Gasteiger partial charge < -0.3 is 20.5 Å². The summed E-state index contributed by atoms with van der Waals surface area (Å²) in [7, 11) is 0. The van der Waals surface area contributed by atoms with Crippen molar-refractivity contribution in [3.63, 3.8) is 0 Å². The predicted octanol–water partition coefficient (Wildman–Crippen LogP) is 4.28. The third-order valence-electron chi connectivity index (χ3n) is 4.43. The minimum atomic E-state index is -1.17. The van der Waals surface area contributed by atoms with Crippen LogP contribution < -0.4 is 5.73 Å². The van der Waals surface area contributed by atoms with Crippen LogP contribution in [0.25, 0.3) is 27.7 Å². The zero-order valence-electron chi connectivity index (χ0n) is 13.8. The van der Waals surface area contributed by atoms with Crippen LogP contribution in [0.5, 0.6) is 5.75 Å². The molecule has 26 heavy (non-hydrogen) atoms. The van der Waals surface area contributed by atoms with Gasteiger partial charge in [0, 0.05) is 23.3 Å². The van der Waals surface area contributed by atoms with Crippen LogP contribution in [0.15, 0.2) is 72.9 Å². The standard InChI is InChI=1S/C21H16N2O3/c22-18-12-23(15-7-8-16(21(25)26)20(24)11-15)19-9-6-14(10-17(18)19)13-4-2-1-3-5-13/h1-12,24H,22H2,(H,25,26). The van der Waals surface area contributed by atoms with Crippen LogP contribution in [0, 0.1) is 0 Å². The Balaban J connectivity index is 1.85. The maximum absolute atomic E-state index is 11.1. The van der Waals surface area contributed by atoms with Crippen molar-refractivity contribution < 1.29 is 15.0 Å². The molecule has 3 aromatic carbocycles. The molecular weight excluding hydrogens is 328 g/mol. The fraction of sp³-hybridized carbons (Fsp3) is 0. The van der Waals surface area contributed by atoms with Gasteiger partial charge in [0.2, 0.25) is 0 Å². The number of nitrogens with zero attached hydrogens (tertiary/aromatic N) is 1.